The number of halogens is 1. The smallest absolute Gasteiger partial charge is 0.261 e. The highest BCUT2D eigenvalue weighted by Gasteiger charge is 2.27. The minimum atomic E-state index is -0.759. The third kappa shape index (κ3) is 7.09. The fourth-order valence-electron chi connectivity index (χ4n) is 3.07. The molecule has 0 aliphatic heterocycles. The van der Waals surface area contributed by atoms with Crippen LogP contribution in [0, 0.1) is 5.82 Å². The predicted molar refractivity (Wildman–Crippen MR) is 120 cm³/mol. The molecule has 0 saturated heterocycles. The summed E-state index contributed by atoms with van der Waals surface area (Å²) in [6, 6.07) is 13.1. The average molecular weight is 429 g/mol. The third-order valence-corrected chi connectivity index (χ3v) is 5.10. The summed E-state index contributed by atoms with van der Waals surface area (Å²) in [5.41, 5.74) is 1.53. The second kappa shape index (κ2) is 10.9. The Labute approximate surface area is 184 Å². The lowest BCUT2D eigenvalue weighted by Gasteiger charge is -2.29. The van der Waals surface area contributed by atoms with Crippen molar-refractivity contribution in [3.63, 3.8) is 0 Å². The van der Waals surface area contributed by atoms with Crippen molar-refractivity contribution < 1.29 is 18.7 Å². The monoisotopic (exact) mass is 428 g/mol. The molecule has 0 radical (unpaired) electrons. The first-order chi connectivity index (χ1) is 14.6. The van der Waals surface area contributed by atoms with Gasteiger partial charge >= 0.3 is 0 Å². The van der Waals surface area contributed by atoms with E-state index in [1.165, 1.54) is 11.0 Å². The van der Waals surface area contributed by atoms with Gasteiger partial charge in [0.15, 0.2) is 6.61 Å². The van der Waals surface area contributed by atoms with E-state index < -0.39 is 11.9 Å². The normalized spacial score (nSPS) is 12.2. The Bertz CT molecular complexity index is 875. The van der Waals surface area contributed by atoms with Crippen molar-refractivity contribution in [3.05, 3.63) is 65.5 Å². The van der Waals surface area contributed by atoms with E-state index in [1.54, 1.807) is 25.1 Å². The van der Waals surface area contributed by atoms with Crippen molar-refractivity contribution in [1.29, 1.82) is 0 Å². The molecule has 2 amide bonds. The number of nitrogens with one attached hydrogen (secondary N) is 1. The second-order valence-electron chi connectivity index (χ2n) is 8.64. The van der Waals surface area contributed by atoms with Crippen LogP contribution in [0.2, 0.25) is 0 Å². The van der Waals surface area contributed by atoms with Crippen molar-refractivity contribution in [2.45, 2.75) is 59.0 Å². The molecule has 0 spiro atoms. The molecule has 2 aromatic rings. The zero-order valence-corrected chi connectivity index (χ0v) is 19.1. The largest absolute Gasteiger partial charge is 0.484 e. The lowest BCUT2D eigenvalue weighted by Crippen LogP contribution is -2.49. The third-order valence-electron chi connectivity index (χ3n) is 5.10. The first kappa shape index (κ1) is 24.4. The maximum absolute atomic E-state index is 14.2. The predicted octanol–water partition coefficient (Wildman–Crippen LogP) is 4.45. The summed E-state index contributed by atoms with van der Waals surface area (Å²) in [6.07, 6.45) is 0.785. The highest BCUT2D eigenvalue weighted by Crippen LogP contribution is 2.24. The van der Waals surface area contributed by atoms with Crippen molar-refractivity contribution in [1.82, 2.24) is 10.2 Å². The summed E-state index contributed by atoms with van der Waals surface area (Å²) < 4.78 is 19.9. The molecule has 0 aliphatic rings. The molecule has 0 unspecified atom stereocenters. The van der Waals surface area contributed by atoms with Crippen LogP contribution in [0.3, 0.4) is 0 Å². The summed E-state index contributed by atoms with van der Waals surface area (Å²) in [4.78, 5) is 26.8. The van der Waals surface area contributed by atoms with Crippen molar-refractivity contribution in [2.24, 2.45) is 0 Å². The van der Waals surface area contributed by atoms with Gasteiger partial charge in [-0.15, -0.1) is 0 Å². The minimum absolute atomic E-state index is 0.0153. The molecule has 0 saturated carbocycles. The zero-order chi connectivity index (χ0) is 23.0. The maximum atomic E-state index is 14.2. The molecule has 0 bridgehead atoms. The summed E-state index contributed by atoms with van der Waals surface area (Å²) in [7, 11) is 0. The Morgan fingerprint density at radius 2 is 1.74 bits per heavy atom. The van der Waals surface area contributed by atoms with Crippen molar-refractivity contribution >= 4 is 11.8 Å². The van der Waals surface area contributed by atoms with Crippen LogP contribution in [0.15, 0.2) is 48.5 Å². The molecule has 0 aliphatic carbocycles. The standard InChI is InChI=1S/C25H33FN2O3/c1-6-15-27-24(30)18(2)28(16-19-9-7-8-10-22(19)26)23(29)17-31-21-13-11-20(12-14-21)25(3,4)5/h7-14,18H,6,15-17H2,1-5H3,(H,27,30)/t18-/m0/s1. The van der Waals surface area contributed by atoms with Crippen LogP contribution in [0.4, 0.5) is 4.39 Å². The van der Waals surface area contributed by atoms with Gasteiger partial charge in [-0.1, -0.05) is 58.0 Å². The first-order valence-electron chi connectivity index (χ1n) is 10.7. The molecular weight excluding hydrogens is 395 g/mol. The summed E-state index contributed by atoms with van der Waals surface area (Å²) in [5, 5.41) is 2.79. The van der Waals surface area contributed by atoms with Gasteiger partial charge in [0.25, 0.3) is 5.91 Å². The van der Waals surface area contributed by atoms with Crippen LogP contribution in [0.25, 0.3) is 0 Å². The zero-order valence-electron chi connectivity index (χ0n) is 19.1. The van der Waals surface area contributed by atoms with Gasteiger partial charge in [0.1, 0.15) is 17.6 Å². The fourth-order valence-corrected chi connectivity index (χ4v) is 3.07. The Morgan fingerprint density at radius 3 is 2.32 bits per heavy atom. The molecular formula is C25H33FN2O3. The van der Waals surface area contributed by atoms with E-state index in [9.17, 15) is 14.0 Å². The van der Waals surface area contributed by atoms with E-state index in [-0.39, 0.29) is 30.4 Å². The van der Waals surface area contributed by atoms with Crippen LogP contribution in [0.1, 0.15) is 52.2 Å². The number of carbonyl (C=O) groups excluding carboxylic acids is 2. The van der Waals surface area contributed by atoms with Crippen LogP contribution < -0.4 is 10.1 Å². The molecule has 0 heterocycles. The van der Waals surface area contributed by atoms with E-state index >= 15 is 0 Å². The number of ether oxygens (including phenoxy) is 1. The lowest BCUT2D eigenvalue weighted by molar-refractivity contribution is -0.142. The number of hydrogen-bond donors (Lipinski definition) is 1. The average Bonchev–Trinajstić information content (AvgIpc) is 2.74. The molecule has 0 fully saturated rings. The van der Waals surface area contributed by atoms with Crippen molar-refractivity contribution in [3.8, 4) is 5.75 Å². The van der Waals surface area contributed by atoms with Gasteiger partial charge in [-0.05, 0) is 42.5 Å². The maximum Gasteiger partial charge on any atom is 0.261 e. The number of benzene rings is 2. The lowest BCUT2D eigenvalue weighted by atomic mass is 9.87. The van der Waals surface area contributed by atoms with Crippen LogP contribution in [0.5, 0.6) is 5.75 Å². The summed E-state index contributed by atoms with van der Waals surface area (Å²) in [5.74, 6) is -0.515. The van der Waals surface area contributed by atoms with Gasteiger partial charge in [0.05, 0.1) is 0 Å². The molecule has 5 nitrogen and oxygen atoms in total. The van der Waals surface area contributed by atoms with Gasteiger partial charge in [-0.2, -0.15) is 0 Å². The fraction of sp³-hybridized carbons (Fsp3) is 0.440. The van der Waals surface area contributed by atoms with Crippen molar-refractivity contribution in [2.75, 3.05) is 13.2 Å². The van der Waals surface area contributed by atoms with E-state index in [0.29, 0.717) is 17.9 Å². The Hall–Kier alpha value is -2.89. The minimum Gasteiger partial charge on any atom is -0.484 e. The topological polar surface area (TPSA) is 58.6 Å². The number of rotatable bonds is 9. The summed E-state index contributed by atoms with van der Waals surface area (Å²) >= 11 is 0. The highest BCUT2D eigenvalue weighted by atomic mass is 19.1. The van der Waals surface area contributed by atoms with Crippen LogP contribution in [-0.2, 0) is 21.5 Å². The van der Waals surface area contributed by atoms with E-state index in [2.05, 4.69) is 26.1 Å². The quantitative estimate of drug-likeness (QED) is 0.642. The molecule has 6 heteroatoms. The first-order valence-corrected chi connectivity index (χ1v) is 10.7. The van der Waals surface area contributed by atoms with E-state index in [1.807, 2.05) is 31.2 Å². The van der Waals surface area contributed by atoms with E-state index in [0.717, 1.165) is 12.0 Å². The SMILES string of the molecule is CCCNC(=O)[C@H](C)N(Cc1ccccc1F)C(=O)COc1ccc(C(C)(C)C)cc1. The highest BCUT2D eigenvalue weighted by molar-refractivity contribution is 5.87. The van der Waals surface area contributed by atoms with Gasteiger partial charge in [-0.3, -0.25) is 9.59 Å². The molecule has 1 N–H and O–H groups in total. The molecule has 31 heavy (non-hydrogen) atoms. The number of carbonyl (C=O) groups is 2. The van der Waals surface area contributed by atoms with Crippen LogP contribution >= 0.6 is 0 Å². The molecule has 1 atom stereocenters. The number of nitrogens with zero attached hydrogens (tertiary/aromatic N) is 1. The Kier molecular flexibility index (Phi) is 8.60. The second-order valence-corrected chi connectivity index (χ2v) is 8.64. The molecule has 2 aromatic carbocycles. The van der Waals surface area contributed by atoms with Gasteiger partial charge in [0, 0.05) is 18.7 Å². The molecule has 168 valence electrons. The van der Waals surface area contributed by atoms with E-state index in [4.69, 9.17) is 4.74 Å². The van der Waals surface area contributed by atoms with Gasteiger partial charge in [-0.25, -0.2) is 4.39 Å². The van der Waals surface area contributed by atoms with Gasteiger partial charge in [0.2, 0.25) is 5.91 Å². The Balaban J connectivity index is 2.13. The number of amides is 2. The number of hydrogen-bond acceptors (Lipinski definition) is 3. The van der Waals surface area contributed by atoms with Gasteiger partial charge < -0.3 is 15.0 Å². The summed E-state index contributed by atoms with van der Waals surface area (Å²) in [6.45, 7) is 10.2. The molecule has 2 rings (SSSR count). The van der Waals surface area contributed by atoms with Crippen LogP contribution in [-0.4, -0.2) is 35.9 Å². The Morgan fingerprint density at radius 1 is 1.10 bits per heavy atom. The molecule has 0 aromatic heterocycles.